The van der Waals surface area contributed by atoms with E-state index in [1.165, 1.54) is 4.88 Å². The summed E-state index contributed by atoms with van der Waals surface area (Å²) >= 11 is 1.78. The lowest BCUT2D eigenvalue weighted by Crippen LogP contribution is -2.10. The maximum atomic E-state index is 4.05. The van der Waals surface area contributed by atoms with Gasteiger partial charge in [0.25, 0.3) is 0 Å². The molecule has 1 atom stereocenters. The zero-order valence-electron chi connectivity index (χ0n) is 9.26. The normalized spacial score (nSPS) is 12.3. The highest BCUT2D eigenvalue weighted by molar-refractivity contribution is 7.10. The van der Waals surface area contributed by atoms with Crippen LogP contribution in [0, 0.1) is 0 Å². The standard InChI is InChI=1S/C12H15N3S/c1-2-5-10(11-6-4-9-16-11)14-12-7-3-8-13-15-12/h3-4,6-10H,2,5H2,1H3,(H,14,15). The third kappa shape index (κ3) is 2.79. The second-order valence-corrected chi connectivity index (χ2v) is 4.59. The Balaban J connectivity index is 2.09. The minimum Gasteiger partial charge on any atom is -0.361 e. The van der Waals surface area contributed by atoms with Crippen LogP contribution in [0.5, 0.6) is 0 Å². The lowest BCUT2D eigenvalue weighted by atomic mass is 10.1. The monoisotopic (exact) mass is 233 g/mol. The molecule has 84 valence electrons. The Morgan fingerprint density at radius 2 is 2.31 bits per heavy atom. The molecule has 16 heavy (non-hydrogen) atoms. The SMILES string of the molecule is CCCC(Nc1cccnn1)c1cccs1. The maximum Gasteiger partial charge on any atom is 0.149 e. The van der Waals surface area contributed by atoms with Gasteiger partial charge in [-0.05, 0) is 30.0 Å². The Morgan fingerprint density at radius 1 is 1.38 bits per heavy atom. The van der Waals surface area contributed by atoms with Gasteiger partial charge in [0.2, 0.25) is 0 Å². The maximum absolute atomic E-state index is 4.05. The van der Waals surface area contributed by atoms with Gasteiger partial charge in [-0.25, -0.2) is 0 Å². The Hall–Kier alpha value is -1.42. The van der Waals surface area contributed by atoms with Crippen LogP contribution < -0.4 is 5.32 Å². The first-order valence-corrected chi connectivity index (χ1v) is 6.35. The fourth-order valence-corrected chi connectivity index (χ4v) is 2.43. The first-order chi connectivity index (χ1) is 7.90. The van der Waals surface area contributed by atoms with Crippen molar-refractivity contribution in [3.05, 3.63) is 40.7 Å². The van der Waals surface area contributed by atoms with E-state index in [1.54, 1.807) is 17.5 Å². The fourth-order valence-electron chi connectivity index (χ4n) is 1.62. The summed E-state index contributed by atoms with van der Waals surface area (Å²) in [6.45, 7) is 2.19. The van der Waals surface area contributed by atoms with Crippen molar-refractivity contribution < 1.29 is 0 Å². The van der Waals surface area contributed by atoms with Gasteiger partial charge in [-0.2, -0.15) is 5.10 Å². The first-order valence-electron chi connectivity index (χ1n) is 5.48. The van der Waals surface area contributed by atoms with Gasteiger partial charge in [-0.15, -0.1) is 16.4 Å². The van der Waals surface area contributed by atoms with Gasteiger partial charge < -0.3 is 5.32 Å². The van der Waals surface area contributed by atoms with Crippen molar-refractivity contribution in [2.24, 2.45) is 0 Å². The summed E-state index contributed by atoms with van der Waals surface area (Å²) in [6.07, 6.45) is 3.94. The minimum absolute atomic E-state index is 0.349. The van der Waals surface area contributed by atoms with Gasteiger partial charge in [-0.3, -0.25) is 0 Å². The first kappa shape index (κ1) is 11.1. The Bertz CT molecular complexity index is 399. The lowest BCUT2D eigenvalue weighted by Gasteiger charge is -2.16. The lowest BCUT2D eigenvalue weighted by molar-refractivity contribution is 0.682. The molecule has 0 bridgehead atoms. The molecule has 0 saturated heterocycles. The van der Waals surface area contributed by atoms with E-state index in [0.29, 0.717) is 6.04 Å². The van der Waals surface area contributed by atoms with Crippen LogP contribution in [0.2, 0.25) is 0 Å². The molecule has 0 aromatic carbocycles. The number of nitrogens with one attached hydrogen (secondary N) is 1. The molecule has 4 heteroatoms. The second kappa shape index (κ2) is 5.61. The molecule has 0 amide bonds. The van der Waals surface area contributed by atoms with E-state index in [9.17, 15) is 0 Å². The van der Waals surface area contributed by atoms with Crippen LogP contribution in [0.1, 0.15) is 30.7 Å². The van der Waals surface area contributed by atoms with E-state index in [4.69, 9.17) is 0 Å². The molecule has 2 rings (SSSR count). The topological polar surface area (TPSA) is 37.8 Å². The minimum atomic E-state index is 0.349. The average molecular weight is 233 g/mol. The van der Waals surface area contributed by atoms with E-state index >= 15 is 0 Å². The molecule has 0 aliphatic rings. The summed E-state index contributed by atoms with van der Waals surface area (Å²) in [5.74, 6) is 0.842. The zero-order chi connectivity index (χ0) is 11.2. The van der Waals surface area contributed by atoms with Crippen molar-refractivity contribution >= 4 is 17.2 Å². The highest BCUT2D eigenvalue weighted by atomic mass is 32.1. The molecule has 0 radical (unpaired) electrons. The van der Waals surface area contributed by atoms with Crippen molar-refractivity contribution in [3.63, 3.8) is 0 Å². The molecule has 0 aliphatic heterocycles. The smallest absolute Gasteiger partial charge is 0.149 e. The molecule has 2 aromatic heterocycles. The van der Waals surface area contributed by atoms with Gasteiger partial charge in [0.1, 0.15) is 5.82 Å². The second-order valence-electron chi connectivity index (χ2n) is 3.61. The molecular weight excluding hydrogens is 218 g/mol. The molecule has 2 aromatic rings. The Kier molecular flexibility index (Phi) is 3.88. The quantitative estimate of drug-likeness (QED) is 0.859. The van der Waals surface area contributed by atoms with Gasteiger partial charge in [0.15, 0.2) is 0 Å². The summed E-state index contributed by atoms with van der Waals surface area (Å²) < 4.78 is 0. The fraction of sp³-hybridized carbons (Fsp3) is 0.333. The molecule has 0 fully saturated rings. The van der Waals surface area contributed by atoms with Crippen LogP contribution in [-0.2, 0) is 0 Å². The third-order valence-corrected chi connectivity index (χ3v) is 3.34. The van der Waals surface area contributed by atoms with E-state index in [2.05, 4.69) is 40.0 Å². The van der Waals surface area contributed by atoms with Gasteiger partial charge >= 0.3 is 0 Å². The zero-order valence-corrected chi connectivity index (χ0v) is 10.1. The molecule has 0 aliphatic carbocycles. The number of thiophene rings is 1. The van der Waals surface area contributed by atoms with E-state index in [-0.39, 0.29) is 0 Å². The van der Waals surface area contributed by atoms with Crippen molar-refractivity contribution in [2.45, 2.75) is 25.8 Å². The van der Waals surface area contributed by atoms with Gasteiger partial charge in [-0.1, -0.05) is 19.4 Å². The van der Waals surface area contributed by atoms with Crippen LogP contribution in [0.4, 0.5) is 5.82 Å². The van der Waals surface area contributed by atoms with Crippen LogP contribution >= 0.6 is 11.3 Å². The van der Waals surface area contributed by atoms with Crippen LogP contribution in [0.25, 0.3) is 0 Å². The number of nitrogens with zero attached hydrogens (tertiary/aromatic N) is 2. The Morgan fingerprint density at radius 3 is 2.94 bits per heavy atom. The number of hydrogen-bond donors (Lipinski definition) is 1. The summed E-state index contributed by atoms with van der Waals surface area (Å²) in [7, 11) is 0. The molecule has 1 unspecified atom stereocenters. The van der Waals surface area contributed by atoms with Crippen molar-refractivity contribution in [3.8, 4) is 0 Å². The summed E-state index contributed by atoms with van der Waals surface area (Å²) in [4.78, 5) is 1.35. The molecular formula is C12H15N3S. The number of rotatable bonds is 5. The molecule has 0 spiro atoms. The molecule has 2 heterocycles. The van der Waals surface area contributed by atoms with Crippen LogP contribution in [-0.4, -0.2) is 10.2 Å². The summed E-state index contributed by atoms with van der Waals surface area (Å²) in [5, 5.41) is 13.5. The van der Waals surface area contributed by atoms with Gasteiger partial charge in [0, 0.05) is 11.1 Å². The van der Waals surface area contributed by atoms with Crippen molar-refractivity contribution in [1.82, 2.24) is 10.2 Å². The third-order valence-electron chi connectivity index (χ3n) is 2.36. The summed E-state index contributed by atoms with van der Waals surface area (Å²) in [6, 6.07) is 8.44. The Labute approximate surface area is 99.5 Å². The van der Waals surface area contributed by atoms with Crippen molar-refractivity contribution in [2.75, 3.05) is 5.32 Å². The predicted molar refractivity (Wildman–Crippen MR) is 67.6 cm³/mol. The highest BCUT2D eigenvalue weighted by Gasteiger charge is 2.11. The molecule has 0 saturated carbocycles. The van der Waals surface area contributed by atoms with Crippen LogP contribution in [0.15, 0.2) is 35.8 Å². The largest absolute Gasteiger partial charge is 0.361 e. The summed E-state index contributed by atoms with van der Waals surface area (Å²) in [5.41, 5.74) is 0. The number of hydrogen-bond acceptors (Lipinski definition) is 4. The van der Waals surface area contributed by atoms with Crippen molar-refractivity contribution in [1.29, 1.82) is 0 Å². The molecule has 3 nitrogen and oxygen atoms in total. The number of aromatic nitrogens is 2. The van der Waals surface area contributed by atoms with E-state index in [1.807, 2.05) is 12.1 Å². The number of anilines is 1. The predicted octanol–water partition coefficient (Wildman–Crippen LogP) is 3.49. The highest BCUT2D eigenvalue weighted by Crippen LogP contribution is 2.26. The average Bonchev–Trinajstić information content (AvgIpc) is 2.83. The van der Waals surface area contributed by atoms with E-state index < -0.39 is 0 Å². The van der Waals surface area contributed by atoms with Gasteiger partial charge in [0.05, 0.1) is 6.04 Å². The molecule has 1 N–H and O–H groups in total. The van der Waals surface area contributed by atoms with Crippen LogP contribution in [0.3, 0.4) is 0 Å². The van der Waals surface area contributed by atoms with E-state index in [0.717, 1.165) is 18.7 Å².